The van der Waals surface area contributed by atoms with E-state index in [4.69, 9.17) is 0 Å². The monoisotopic (exact) mass is 259 g/mol. The highest BCUT2D eigenvalue weighted by molar-refractivity contribution is 5.58. The summed E-state index contributed by atoms with van der Waals surface area (Å²) in [6.45, 7) is 1.83. The Labute approximate surface area is 111 Å². The van der Waals surface area contributed by atoms with Crippen LogP contribution in [-0.4, -0.2) is 15.9 Å². The van der Waals surface area contributed by atoms with Crippen LogP contribution in [-0.2, 0) is 0 Å². The van der Waals surface area contributed by atoms with E-state index in [0.717, 1.165) is 29.2 Å². The fraction of sp³-hybridized carbons (Fsp3) is 0.643. The molecular formula is C14H17N3O2. The molecule has 3 fully saturated rings. The van der Waals surface area contributed by atoms with Crippen LogP contribution in [0, 0.1) is 40.7 Å². The van der Waals surface area contributed by atoms with Crippen molar-refractivity contribution in [2.75, 3.05) is 5.32 Å². The second kappa shape index (κ2) is 3.68. The van der Waals surface area contributed by atoms with Gasteiger partial charge in [0.25, 0.3) is 0 Å². The van der Waals surface area contributed by atoms with E-state index in [-0.39, 0.29) is 10.6 Å². The maximum Gasteiger partial charge on any atom is 0.311 e. The first kappa shape index (κ1) is 11.2. The van der Waals surface area contributed by atoms with Gasteiger partial charge in [-0.1, -0.05) is 0 Å². The van der Waals surface area contributed by atoms with Crippen molar-refractivity contribution in [3.05, 3.63) is 27.9 Å². The summed E-state index contributed by atoms with van der Waals surface area (Å²) >= 11 is 0. The van der Waals surface area contributed by atoms with Crippen LogP contribution < -0.4 is 5.32 Å². The van der Waals surface area contributed by atoms with E-state index in [1.54, 1.807) is 12.3 Å². The lowest BCUT2D eigenvalue weighted by Crippen LogP contribution is -2.14. The third kappa shape index (κ3) is 1.57. The topological polar surface area (TPSA) is 68.1 Å². The first-order chi connectivity index (χ1) is 9.15. The molecule has 2 bridgehead atoms. The molecular weight excluding hydrogens is 242 g/mol. The molecule has 4 atom stereocenters. The average Bonchev–Trinajstić information content (AvgIpc) is 2.79. The van der Waals surface area contributed by atoms with Crippen molar-refractivity contribution in [2.24, 2.45) is 23.7 Å². The summed E-state index contributed by atoms with van der Waals surface area (Å²) < 4.78 is 0. The minimum Gasteiger partial charge on any atom is -0.361 e. The van der Waals surface area contributed by atoms with Crippen LogP contribution in [0.1, 0.15) is 24.8 Å². The fourth-order valence-electron chi connectivity index (χ4n) is 4.48. The molecule has 4 rings (SSSR count). The number of nitrogens with zero attached hydrogens (tertiary/aromatic N) is 2. The molecule has 5 heteroatoms. The molecule has 19 heavy (non-hydrogen) atoms. The van der Waals surface area contributed by atoms with E-state index in [1.165, 1.54) is 19.3 Å². The molecule has 3 aliphatic rings. The van der Waals surface area contributed by atoms with E-state index >= 15 is 0 Å². The van der Waals surface area contributed by atoms with E-state index < -0.39 is 0 Å². The maximum atomic E-state index is 11.1. The minimum absolute atomic E-state index is 0.109. The van der Waals surface area contributed by atoms with E-state index in [1.807, 2.05) is 6.92 Å². The number of nitro groups is 1. The average molecular weight is 259 g/mol. The van der Waals surface area contributed by atoms with Crippen LogP contribution in [0.3, 0.4) is 0 Å². The van der Waals surface area contributed by atoms with Crippen molar-refractivity contribution in [2.45, 2.75) is 32.2 Å². The zero-order valence-electron chi connectivity index (χ0n) is 10.9. The molecule has 0 aromatic carbocycles. The van der Waals surface area contributed by atoms with Gasteiger partial charge in [-0.3, -0.25) is 10.1 Å². The Kier molecular flexibility index (Phi) is 2.17. The number of anilines is 1. The highest BCUT2D eigenvalue weighted by Crippen LogP contribution is 2.66. The van der Waals surface area contributed by atoms with Crippen LogP contribution in [0.4, 0.5) is 11.5 Å². The Hall–Kier alpha value is -1.65. The first-order valence-corrected chi connectivity index (χ1v) is 7.02. The highest BCUT2D eigenvalue weighted by atomic mass is 16.6. The summed E-state index contributed by atoms with van der Waals surface area (Å²) in [4.78, 5) is 15.0. The van der Waals surface area contributed by atoms with Gasteiger partial charge in [0, 0.05) is 18.3 Å². The minimum atomic E-state index is -0.338. The molecule has 0 saturated heterocycles. The Morgan fingerprint density at radius 1 is 1.37 bits per heavy atom. The largest absolute Gasteiger partial charge is 0.361 e. The van der Waals surface area contributed by atoms with Crippen molar-refractivity contribution in [3.63, 3.8) is 0 Å². The first-order valence-electron chi connectivity index (χ1n) is 7.02. The Morgan fingerprint density at radius 2 is 2.05 bits per heavy atom. The lowest BCUT2D eigenvalue weighted by molar-refractivity contribution is -0.384. The summed E-state index contributed by atoms with van der Waals surface area (Å²) in [5, 5.41) is 14.4. The standard InChI is InChI=1S/C14H17N3O2/c1-7-4-10(17(18)19)14(15-6-7)16-13-11-8-2-3-9(5-8)12(11)13/h4,6,8-9,11-13H,2-3,5H2,1H3,(H,15,16). The molecule has 0 spiro atoms. The summed E-state index contributed by atoms with van der Waals surface area (Å²) in [6.07, 6.45) is 5.79. The molecule has 0 amide bonds. The molecule has 100 valence electrons. The molecule has 4 unspecified atom stereocenters. The summed E-state index contributed by atoms with van der Waals surface area (Å²) in [5.74, 6) is 3.67. The predicted molar refractivity (Wildman–Crippen MR) is 70.9 cm³/mol. The normalized spacial score (nSPS) is 38.1. The lowest BCUT2D eigenvalue weighted by atomic mass is 10.0. The van der Waals surface area contributed by atoms with Gasteiger partial charge in [0.1, 0.15) is 0 Å². The van der Waals surface area contributed by atoms with Crippen molar-refractivity contribution in [1.29, 1.82) is 0 Å². The predicted octanol–water partition coefficient (Wildman–Crippen LogP) is 2.75. The second-order valence-electron chi connectivity index (χ2n) is 6.30. The SMILES string of the molecule is Cc1cnc(NC2C3C4CCC(C4)C23)c([N+](=O)[O-])c1. The molecule has 3 aliphatic carbocycles. The molecule has 0 radical (unpaired) electrons. The van der Waals surface area contributed by atoms with E-state index in [0.29, 0.717) is 11.9 Å². The molecule has 0 aliphatic heterocycles. The quantitative estimate of drug-likeness (QED) is 0.669. The zero-order chi connectivity index (χ0) is 13.1. The van der Waals surface area contributed by atoms with Gasteiger partial charge in [-0.2, -0.15) is 0 Å². The highest BCUT2D eigenvalue weighted by Gasteiger charge is 2.65. The van der Waals surface area contributed by atoms with Gasteiger partial charge in [-0.25, -0.2) is 4.98 Å². The molecule has 1 aromatic heterocycles. The maximum absolute atomic E-state index is 11.1. The molecule has 3 saturated carbocycles. The van der Waals surface area contributed by atoms with Gasteiger partial charge in [-0.15, -0.1) is 0 Å². The van der Waals surface area contributed by atoms with Crippen LogP contribution in [0.15, 0.2) is 12.3 Å². The van der Waals surface area contributed by atoms with Gasteiger partial charge < -0.3 is 5.32 Å². The smallest absolute Gasteiger partial charge is 0.311 e. The van der Waals surface area contributed by atoms with Crippen LogP contribution in [0.2, 0.25) is 0 Å². The van der Waals surface area contributed by atoms with Gasteiger partial charge in [0.05, 0.1) is 4.92 Å². The van der Waals surface area contributed by atoms with Gasteiger partial charge in [0.15, 0.2) is 0 Å². The van der Waals surface area contributed by atoms with Crippen molar-refractivity contribution >= 4 is 11.5 Å². The molecule has 1 N–H and O–H groups in total. The number of rotatable bonds is 3. The van der Waals surface area contributed by atoms with Crippen LogP contribution in [0.5, 0.6) is 0 Å². The molecule has 1 aromatic rings. The Bertz CT molecular complexity index is 544. The van der Waals surface area contributed by atoms with Crippen LogP contribution >= 0.6 is 0 Å². The van der Waals surface area contributed by atoms with E-state index in [2.05, 4.69) is 10.3 Å². The van der Waals surface area contributed by atoms with Gasteiger partial charge >= 0.3 is 5.69 Å². The molecule has 1 heterocycles. The number of fused-ring (bicyclic) bond motifs is 5. The van der Waals surface area contributed by atoms with Gasteiger partial charge in [-0.05, 0) is 55.4 Å². The number of pyridine rings is 1. The summed E-state index contributed by atoms with van der Waals surface area (Å²) in [5.41, 5.74) is 0.936. The second-order valence-corrected chi connectivity index (χ2v) is 6.30. The Morgan fingerprint density at radius 3 is 2.68 bits per heavy atom. The Balaban J connectivity index is 1.57. The van der Waals surface area contributed by atoms with E-state index in [9.17, 15) is 10.1 Å². The number of hydrogen-bond acceptors (Lipinski definition) is 4. The lowest BCUT2D eigenvalue weighted by Gasteiger charge is -2.11. The van der Waals surface area contributed by atoms with Crippen molar-refractivity contribution in [1.82, 2.24) is 4.98 Å². The number of hydrogen-bond donors (Lipinski definition) is 1. The third-order valence-electron chi connectivity index (χ3n) is 5.24. The fourth-order valence-corrected chi connectivity index (χ4v) is 4.48. The molecule has 5 nitrogen and oxygen atoms in total. The number of nitrogens with one attached hydrogen (secondary N) is 1. The third-order valence-corrected chi connectivity index (χ3v) is 5.24. The summed E-state index contributed by atoms with van der Waals surface area (Å²) in [6, 6.07) is 2.03. The number of aromatic nitrogens is 1. The zero-order valence-corrected chi connectivity index (χ0v) is 10.9. The summed E-state index contributed by atoms with van der Waals surface area (Å²) in [7, 11) is 0. The number of aryl methyl sites for hydroxylation is 1. The van der Waals surface area contributed by atoms with Crippen molar-refractivity contribution in [3.8, 4) is 0 Å². The van der Waals surface area contributed by atoms with Gasteiger partial charge in [0.2, 0.25) is 5.82 Å². The van der Waals surface area contributed by atoms with Crippen LogP contribution in [0.25, 0.3) is 0 Å². The van der Waals surface area contributed by atoms with Crippen molar-refractivity contribution < 1.29 is 4.92 Å².